The summed E-state index contributed by atoms with van der Waals surface area (Å²) >= 11 is 0. The second-order valence-electron chi connectivity index (χ2n) is 1.98. The molecule has 1 rings (SSSR count). The van der Waals surface area contributed by atoms with Gasteiger partial charge in [-0.2, -0.15) is 0 Å². The molecule has 0 aromatic carbocycles. The minimum atomic E-state index is -0.481. The maximum atomic E-state index is 7.00. The largest absolute Gasteiger partial charge is 0.486 e. The van der Waals surface area contributed by atoms with Gasteiger partial charge in [0.15, 0.2) is 6.10 Å². The van der Waals surface area contributed by atoms with Gasteiger partial charge in [-0.1, -0.05) is 0 Å². The molecule has 0 aromatic rings. The summed E-state index contributed by atoms with van der Waals surface area (Å²) in [4.78, 5) is 0. The highest BCUT2D eigenvalue weighted by Gasteiger charge is 2.10. The molecule has 0 spiro atoms. The zero-order valence-corrected chi connectivity index (χ0v) is 5.37. The van der Waals surface area contributed by atoms with Crippen molar-refractivity contribution in [2.24, 2.45) is 11.5 Å². The lowest BCUT2D eigenvalue weighted by Gasteiger charge is -2.14. The van der Waals surface area contributed by atoms with Crippen LogP contribution in [0.3, 0.4) is 0 Å². The number of amidine groups is 1. The molecule has 0 saturated heterocycles. The number of nitrogens with two attached hydrogens (primary N) is 2. The maximum absolute atomic E-state index is 7.00. The van der Waals surface area contributed by atoms with E-state index in [1.54, 1.807) is 12.2 Å². The van der Waals surface area contributed by atoms with Gasteiger partial charge in [-0.3, -0.25) is 5.41 Å². The van der Waals surface area contributed by atoms with Crippen molar-refractivity contribution in [2.75, 3.05) is 0 Å². The smallest absolute Gasteiger partial charge is 0.174 e. The lowest BCUT2D eigenvalue weighted by Crippen LogP contribution is -2.29. The van der Waals surface area contributed by atoms with Crippen molar-refractivity contribution in [3.8, 4) is 0 Å². The average molecular weight is 139 g/mol. The van der Waals surface area contributed by atoms with Gasteiger partial charge in [0, 0.05) is 5.70 Å². The van der Waals surface area contributed by atoms with E-state index in [0.29, 0.717) is 5.70 Å². The highest BCUT2D eigenvalue weighted by molar-refractivity contribution is 5.84. The summed E-state index contributed by atoms with van der Waals surface area (Å²) in [5.41, 5.74) is 11.1. The van der Waals surface area contributed by atoms with E-state index in [1.807, 2.05) is 0 Å². The summed E-state index contributed by atoms with van der Waals surface area (Å²) in [6.45, 7) is 0. The molecule has 0 amide bonds. The lowest BCUT2D eigenvalue weighted by molar-refractivity contribution is 0.235. The van der Waals surface area contributed by atoms with Crippen LogP contribution >= 0.6 is 0 Å². The van der Waals surface area contributed by atoms with Crippen molar-refractivity contribution in [1.82, 2.24) is 0 Å². The molecule has 1 aliphatic rings. The molecule has 0 fully saturated rings. The summed E-state index contributed by atoms with van der Waals surface area (Å²) < 4.78 is 4.92. The molecule has 0 saturated carbocycles. The van der Waals surface area contributed by atoms with E-state index in [0.717, 1.165) is 0 Å². The molecule has 0 bridgehead atoms. The van der Waals surface area contributed by atoms with E-state index >= 15 is 0 Å². The van der Waals surface area contributed by atoms with Gasteiger partial charge in [-0.25, -0.2) is 0 Å². The normalized spacial score (nSPS) is 23.2. The van der Waals surface area contributed by atoms with Crippen LogP contribution in [0.25, 0.3) is 0 Å². The van der Waals surface area contributed by atoms with Crippen LogP contribution < -0.4 is 11.5 Å². The molecule has 0 aliphatic carbocycles. The van der Waals surface area contributed by atoms with Gasteiger partial charge in [-0.15, -0.1) is 0 Å². The molecule has 1 heterocycles. The quantitative estimate of drug-likeness (QED) is 0.343. The molecular formula is C6H9N3O. The SMILES string of the molecule is N=C(N)C1C=C(N)C=CO1. The van der Waals surface area contributed by atoms with E-state index in [4.69, 9.17) is 21.6 Å². The monoisotopic (exact) mass is 139 g/mol. The molecule has 4 heteroatoms. The molecule has 0 aromatic heterocycles. The van der Waals surface area contributed by atoms with Gasteiger partial charge in [0.2, 0.25) is 0 Å². The molecular weight excluding hydrogens is 130 g/mol. The van der Waals surface area contributed by atoms with Crippen LogP contribution in [-0.4, -0.2) is 11.9 Å². The Morgan fingerprint density at radius 3 is 2.80 bits per heavy atom. The fourth-order valence-corrected chi connectivity index (χ4v) is 0.635. The Labute approximate surface area is 58.7 Å². The zero-order chi connectivity index (χ0) is 7.56. The molecule has 0 radical (unpaired) electrons. The van der Waals surface area contributed by atoms with Gasteiger partial charge in [-0.05, 0) is 12.2 Å². The lowest BCUT2D eigenvalue weighted by atomic mass is 10.2. The van der Waals surface area contributed by atoms with E-state index < -0.39 is 6.10 Å². The van der Waals surface area contributed by atoms with Crippen LogP contribution in [0.2, 0.25) is 0 Å². The van der Waals surface area contributed by atoms with Gasteiger partial charge in [0.05, 0.1) is 6.26 Å². The topological polar surface area (TPSA) is 85.1 Å². The first-order valence-corrected chi connectivity index (χ1v) is 2.83. The van der Waals surface area contributed by atoms with E-state index in [-0.39, 0.29) is 5.84 Å². The van der Waals surface area contributed by atoms with E-state index in [2.05, 4.69) is 0 Å². The summed E-state index contributed by atoms with van der Waals surface area (Å²) in [5, 5.41) is 7.00. The fraction of sp³-hybridized carbons (Fsp3) is 0.167. The first-order valence-electron chi connectivity index (χ1n) is 2.83. The number of rotatable bonds is 1. The second-order valence-corrected chi connectivity index (χ2v) is 1.98. The predicted octanol–water partition coefficient (Wildman–Crippen LogP) is -0.323. The molecule has 1 atom stereocenters. The number of nitrogens with one attached hydrogen (secondary N) is 1. The Bertz CT molecular complexity index is 207. The summed E-state index contributed by atoms with van der Waals surface area (Å²) in [6.07, 6.45) is 4.15. The van der Waals surface area contributed by atoms with Crippen molar-refractivity contribution < 1.29 is 4.74 Å². The van der Waals surface area contributed by atoms with Crippen LogP contribution in [0.15, 0.2) is 24.1 Å². The Balaban J connectivity index is 2.69. The van der Waals surface area contributed by atoms with Crippen LogP contribution in [0.1, 0.15) is 0 Å². The zero-order valence-electron chi connectivity index (χ0n) is 5.37. The summed E-state index contributed by atoms with van der Waals surface area (Å²) in [5.74, 6) is -0.0349. The van der Waals surface area contributed by atoms with Crippen LogP contribution in [-0.2, 0) is 4.74 Å². The molecule has 1 aliphatic heterocycles. The van der Waals surface area contributed by atoms with Crippen molar-refractivity contribution in [1.29, 1.82) is 5.41 Å². The van der Waals surface area contributed by atoms with Crippen LogP contribution in [0, 0.1) is 5.41 Å². The highest BCUT2D eigenvalue weighted by Crippen LogP contribution is 2.04. The Morgan fingerprint density at radius 1 is 1.70 bits per heavy atom. The fourth-order valence-electron chi connectivity index (χ4n) is 0.635. The third kappa shape index (κ3) is 1.28. The summed E-state index contributed by atoms with van der Waals surface area (Å²) in [7, 11) is 0. The molecule has 5 N–H and O–H groups in total. The Hall–Kier alpha value is -1.45. The standard InChI is InChI=1S/C6H9N3O/c7-4-1-2-10-5(3-4)6(8)9/h1-3,5H,7H2,(H3,8,9). The minimum absolute atomic E-state index is 0.0349. The van der Waals surface area contributed by atoms with Crippen LogP contribution in [0.4, 0.5) is 0 Å². The van der Waals surface area contributed by atoms with Crippen molar-refractivity contribution in [3.05, 3.63) is 24.1 Å². The Morgan fingerprint density at radius 2 is 2.40 bits per heavy atom. The van der Waals surface area contributed by atoms with E-state index in [9.17, 15) is 0 Å². The van der Waals surface area contributed by atoms with Crippen molar-refractivity contribution in [3.63, 3.8) is 0 Å². The predicted molar refractivity (Wildman–Crippen MR) is 38.2 cm³/mol. The van der Waals surface area contributed by atoms with Crippen molar-refractivity contribution >= 4 is 5.84 Å². The molecule has 4 nitrogen and oxygen atoms in total. The number of allylic oxidation sites excluding steroid dienone is 1. The summed E-state index contributed by atoms with van der Waals surface area (Å²) in [6, 6.07) is 0. The van der Waals surface area contributed by atoms with Gasteiger partial charge in [0.25, 0.3) is 0 Å². The minimum Gasteiger partial charge on any atom is -0.486 e. The van der Waals surface area contributed by atoms with Gasteiger partial charge >= 0.3 is 0 Å². The second kappa shape index (κ2) is 2.43. The van der Waals surface area contributed by atoms with Crippen LogP contribution in [0.5, 0.6) is 0 Å². The molecule has 54 valence electrons. The molecule has 1 unspecified atom stereocenters. The number of ether oxygens (including phenoxy) is 1. The molecule has 10 heavy (non-hydrogen) atoms. The highest BCUT2D eigenvalue weighted by atomic mass is 16.5. The first kappa shape index (κ1) is 6.67. The third-order valence-corrected chi connectivity index (χ3v) is 1.14. The average Bonchev–Trinajstić information content (AvgIpc) is 1.88. The van der Waals surface area contributed by atoms with Gasteiger partial charge in [0.1, 0.15) is 5.84 Å². The van der Waals surface area contributed by atoms with E-state index in [1.165, 1.54) is 6.26 Å². The first-order chi connectivity index (χ1) is 4.70. The van der Waals surface area contributed by atoms with Gasteiger partial charge < -0.3 is 16.2 Å². The number of hydrogen-bond acceptors (Lipinski definition) is 3. The number of hydrogen-bond donors (Lipinski definition) is 3. The third-order valence-electron chi connectivity index (χ3n) is 1.14. The Kier molecular flexibility index (Phi) is 1.62. The maximum Gasteiger partial charge on any atom is 0.174 e. The van der Waals surface area contributed by atoms with Crippen molar-refractivity contribution in [2.45, 2.75) is 6.10 Å².